The average Bonchev–Trinajstić information content (AvgIpc) is 2.49. The Labute approximate surface area is 83.8 Å². The molecule has 2 aromatic rings. The SMILES string of the molecule is C#CCn1cnc2c(Cl)nc(F)nc21. The van der Waals surface area contributed by atoms with Gasteiger partial charge in [0.15, 0.2) is 10.8 Å². The normalized spacial score (nSPS) is 10.4. The summed E-state index contributed by atoms with van der Waals surface area (Å²) >= 11 is 5.66. The highest BCUT2D eigenvalue weighted by molar-refractivity contribution is 6.33. The molecule has 0 amide bonds. The van der Waals surface area contributed by atoms with Crippen LogP contribution in [0.15, 0.2) is 6.33 Å². The molecule has 0 unspecified atom stereocenters. The lowest BCUT2D eigenvalue weighted by molar-refractivity contribution is 0.542. The summed E-state index contributed by atoms with van der Waals surface area (Å²) in [4.78, 5) is 10.8. The van der Waals surface area contributed by atoms with Crippen LogP contribution in [0.2, 0.25) is 5.15 Å². The van der Waals surface area contributed by atoms with Crippen LogP contribution in [0.3, 0.4) is 0 Å². The number of fused-ring (bicyclic) bond motifs is 1. The average molecular weight is 211 g/mol. The number of halogens is 2. The summed E-state index contributed by atoms with van der Waals surface area (Å²) in [6.07, 6.45) is 5.68. The molecule has 4 nitrogen and oxygen atoms in total. The lowest BCUT2D eigenvalue weighted by atomic mass is 10.5. The van der Waals surface area contributed by atoms with Crippen LogP contribution in [0.5, 0.6) is 0 Å². The molecule has 0 atom stereocenters. The molecule has 0 aromatic carbocycles. The minimum Gasteiger partial charge on any atom is -0.303 e. The van der Waals surface area contributed by atoms with Gasteiger partial charge in [-0.3, -0.25) is 0 Å². The number of hydrogen-bond donors (Lipinski definition) is 0. The molecule has 14 heavy (non-hydrogen) atoms. The molecule has 6 heteroatoms. The summed E-state index contributed by atoms with van der Waals surface area (Å²) in [6.45, 7) is 0.267. The zero-order valence-electron chi connectivity index (χ0n) is 6.91. The maximum atomic E-state index is 12.8. The fraction of sp³-hybridized carbons (Fsp3) is 0.125. The highest BCUT2D eigenvalue weighted by Gasteiger charge is 2.10. The van der Waals surface area contributed by atoms with Crippen molar-refractivity contribution in [2.75, 3.05) is 0 Å². The molecule has 0 aliphatic heterocycles. The Morgan fingerprint density at radius 1 is 1.57 bits per heavy atom. The van der Waals surface area contributed by atoms with E-state index in [0.717, 1.165) is 0 Å². The Morgan fingerprint density at radius 2 is 2.36 bits per heavy atom. The van der Waals surface area contributed by atoms with Gasteiger partial charge in [-0.15, -0.1) is 6.42 Å². The van der Waals surface area contributed by atoms with Crippen molar-refractivity contribution in [1.82, 2.24) is 19.5 Å². The number of aromatic nitrogens is 4. The summed E-state index contributed by atoms with van der Waals surface area (Å²) in [6, 6.07) is 0. The van der Waals surface area contributed by atoms with E-state index < -0.39 is 6.08 Å². The smallest absolute Gasteiger partial charge is 0.303 e. The molecule has 0 saturated heterocycles. The van der Waals surface area contributed by atoms with Gasteiger partial charge in [-0.25, -0.2) is 4.98 Å². The van der Waals surface area contributed by atoms with Gasteiger partial charge in [0.1, 0.15) is 5.52 Å². The molecule has 2 heterocycles. The third kappa shape index (κ3) is 1.30. The standard InChI is InChI=1S/C8H4ClFN4/c1-2-3-14-4-11-5-6(9)12-8(10)13-7(5)14/h1,4H,3H2. The van der Waals surface area contributed by atoms with E-state index >= 15 is 0 Å². The first-order valence-corrected chi connectivity index (χ1v) is 4.07. The van der Waals surface area contributed by atoms with Crippen LogP contribution in [0.4, 0.5) is 4.39 Å². The van der Waals surface area contributed by atoms with E-state index in [1.165, 1.54) is 10.9 Å². The van der Waals surface area contributed by atoms with E-state index in [0.29, 0.717) is 11.2 Å². The van der Waals surface area contributed by atoms with Crippen LogP contribution in [0, 0.1) is 18.4 Å². The van der Waals surface area contributed by atoms with Crippen molar-refractivity contribution in [2.24, 2.45) is 0 Å². The number of imidazole rings is 1. The van der Waals surface area contributed by atoms with Crippen molar-refractivity contribution in [1.29, 1.82) is 0 Å². The monoisotopic (exact) mass is 210 g/mol. The predicted octanol–water partition coefficient (Wildman–Crippen LogP) is 1.25. The zero-order chi connectivity index (χ0) is 10.1. The van der Waals surface area contributed by atoms with Crippen LogP contribution in [-0.2, 0) is 6.54 Å². The molecule has 0 bridgehead atoms. The predicted molar refractivity (Wildman–Crippen MR) is 49.1 cm³/mol. The Hall–Kier alpha value is -1.67. The van der Waals surface area contributed by atoms with Crippen molar-refractivity contribution in [3.8, 4) is 12.3 Å². The van der Waals surface area contributed by atoms with Crippen LogP contribution in [0.1, 0.15) is 0 Å². The van der Waals surface area contributed by atoms with E-state index in [2.05, 4.69) is 20.9 Å². The van der Waals surface area contributed by atoms with Gasteiger partial charge in [0.05, 0.1) is 12.9 Å². The van der Waals surface area contributed by atoms with Gasteiger partial charge < -0.3 is 4.57 Å². The fourth-order valence-corrected chi connectivity index (χ4v) is 1.30. The second-order valence-electron chi connectivity index (χ2n) is 2.53. The Bertz CT molecular complexity index is 528. The van der Waals surface area contributed by atoms with Gasteiger partial charge in [-0.2, -0.15) is 14.4 Å². The summed E-state index contributed by atoms with van der Waals surface area (Å²) in [5.41, 5.74) is 0.656. The van der Waals surface area contributed by atoms with Gasteiger partial charge in [0.2, 0.25) is 0 Å². The maximum absolute atomic E-state index is 12.8. The van der Waals surface area contributed by atoms with E-state index in [1.54, 1.807) is 0 Å². The Morgan fingerprint density at radius 3 is 3.07 bits per heavy atom. The lowest BCUT2D eigenvalue weighted by Crippen LogP contribution is -1.98. The van der Waals surface area contributed by atoms with E-state index in [9.17, 15) is 4.39 Å². The molecule has 0 saturated carbocycles. The molecule has 0 fully saturated rings. The third-order valence-electron chi connectivity index (χ3n) is 1.66. The first-order valence-electron chi connectivity index (χ1n) is 3.69. The van der Waals surface area contributed by atoms with Gasteiger partial charge in [-0.1, -0.05) is 17.5 Å². The van der Waals surface area contributed by atoms with Gasteiger partial charge >= 0.3 is 6.08 Å². The van der Waals surface area contributed by atoms with Crippen molar-refractivity contribution in [3.05, 3.63) is 17.6 Å². The topological polar surface area (TPSA) is 43.6 Å². The van der Waals surface area contributed by atoms with Crippen molar-refractivity contribution >= 4 is 22.8 Å². The lowest BCUT2D eigenvalue weighted by Gasteiger charge is -1.96. The second-order valence-corrected chi connectivity index (χ2v) is 2.89. The molecule has 2 aromatic heterocycles. The zero-order valence-corrected chi connectivity index (χ0v) is 7.66. The molecule has 0 aliphatic rings. The van der Waals surface area contributed by atoms with Crippen molar-refractivity contribution in [3.63, 3.8) is 0 Å². The highest BCUT2D eigenvalue weighted by atomic mass is 35.5. The van der Waals surface area contributed by atoms with Crippen molar-refractivity contribution in [2.45, 2.75) is 6.54 Å². The van der Waals surface area contributed by atoms with Crippen LogP contribution < -0.4 is 0 Å². The largest absolute Gasteiger partial charge is 0.312 e. The van der Waals surface area contributed by atoms with Gasteiger partial charge in [0.25, 0.3) is 0 Å². The summed E-state index contributed by atoms with van der Waals surface area (Å²) < 4.78 is 14.3. The van der Waals surface area contributed by atoms with Gasteiger partial charge in [-0.05, 0) is 0 Å². The quantitative estimate of drug-likeness (QED) is 0.404. The first kappa shape index (κ1) is 8.91. The minimum absolute atomic E-state index is 0.0109. The van der Waals surface area contributed by atoms with Crippen molar-refractivity contribution < 1.29 is 4.39 Å². The molecule has 70 valence electrons. The Kier molecular flexibility index (Phi) is 2.06. The molecule has 0 spiro atoms. The molecule has 0 radical (unpaired) electrons. The molecular formula is C8H4ClFN4. The molecular weight excluding hydrogens is 207 g/mol. The van der Waals surface area contributed by atoms with E-state index in [-0.39, 0.29) is 11.7 Å². The van der Waals surface area contributed by atoms with E-state index in [4.69, 9.17) is 18.0 Å². The third-order valence-corrected chi connectivity index (χ3v) is 1.92. The Balaban J connectivity index is 2.73. The summed E-state index contributed by atoms with van der Waals surface area (Å²) in [7, 11) is 0. The maximum Gasteiger partial charge on any atom is 0.312 e. The first-order chi connectivity index (χ1) is 6.72. The number of rotatable bonds is 1. The minimum atomic E-state index is -0.888. The molecule has 0 N–H and O–H groups in total. The van der Waals surface area contributed by atoms with Gasteiger partial charge in [0, 0.05) is 0 Å². The number of terminal acetylenes is 1. The number of hydrogen-bond acceptors (Lipinski definition) is 3. The number of nitrogens with zero attached hydrogens (tertiary/aromatic N) is 4. The van der Waals surface area contributed by atoms with E-state index in [1.807, 2.05) is 0 Å². The second kappa shape index (κ2) is 3.24. The van der Waals surface area contributed by atoms with Crippen LogP contribution in [-0.4, -0.2) is 19.5 Å². The molecule has 2 rings (SSSR count). The van der Waals surface area contributed by atoms with Crippen LogP contribution in [0.25, 0.3) is 11.2 Å². The summed E-state index contributed by atoms with van der Waals surface area (Å²) in [5, 5.41) is -0.0109. The van der Waals surface area contributed by atoms with Crippen LogP contribution >= 0.6 is 11.6 Å². The summed E-state index contributed by atoms with van der Waals surface area (Å²) in [5.74, 6) is 2.40. The highest BCUT2D eigenvalue weighted by Crippen LogP contribution is 2.17. The molecule has 0 aliphatic carbocycles. The fourth-order valence-electron chi connectivity index (χ4n) is 1.10.